The van der Waals surface area contributed by atoms with Crippen molar-refractivity contribution in [3.05, 3.63) is 48.3 Å². The number of nitrogens with one attached hydrogen (secondary N) is 1. The topological polar surface area (TPSA) is 67.9 Å². The molecule has 0 saturated carbocycles. The number of ether oxygens (including phenoxy) is 2. The average molecular weight is 344 g/mol. The van der Waals surface area contributed by atoms with Crippen molar-refractivity contribution in [2.24, 2.45) is 0 Å². The Morgan fingerprint density at radius 3 is 2.60 bits per heavy atom. The number of amides is 2. The number of rotatable bonds is 5. The molecule has 1 saturated heterocycles. The zero-order chi connectivity index (χ0) is 18.0. The predicted molar refractivity (Wildman–Crippen MR) is 90.5 cm³/mol. The number of carbonyl (C=O) groups is 2. The SMILES string of the molecule is COc1ccc(N2C(=O)CC(Nc3cccc(F)c3)C2=O)c(OC)c1. The third-order valence-electron chi connectivity index (χ3n) is 3.94. The van der Waals surface area contributed by atoms with Crippen molar-refractivity contribution >= 4 is 23.2 Å². The lowest BCUT2D eigenvalue weighted by molar-refractivity contribution is -0.121. The Kier molecular flexibility index (Phi) is 4.56. The molecule has 2 amide bonds. The summed E-state index contributed by atoms with van der Waals surface area (Å²) in [6.45, 7) is 0. The number of methoxy groups -OCH3 is 2. The molecule has 1 aliphatic rings. The molecule has 1 N–H and O–H groups in total. The molecule has 0 bridgehead atoms. The highest BCUT2D eigenvalue weighted by molar-refractivity contribution is 6.23. The van der Waals surface area contributed by atoms with Crippen LogP contribution in [0, 0.1) is 5.82 Å². The molecule has 1 heterocycles. The number of carbonyl (C=O) groups excluding carboxylic acids is 2. The molecule has 0 spiro atoms. The van der Waals surface area contributed by atoms with Gasteiger partial charge in [-0.3, -0.25) is 9.59 Å². The molecular formula is C18H17FN2O4. The summed E-state index contributed by atoms with van der Waals surface area (Å²) >= 11 is 0. The monoisotopic (exact) mass is 344 g/mol. The number of halogens is 1. The normalized spacial score (nSPS) is 16.9. The van der Waals surface area contributed by atoms with Gasteiger partial charge in [0.05, 0.1) is 26.3 Å². The first kappa shape index (κ1) is 16.8. The van der Waals surface area contributed by atoms with E-state index in [0.29, 0.717) is 22.9 Å². The van der Waals surface area contributed by atoms with Crippen LogP contribution < -0.4 is 19.7 Å². The molecule has 2 aromatic rings. The number of nitrogens with zero attached hydrogens (tertiary/aromatic N) is 1. The van der Waals surface area contributed by atoms with Gasteiger partial charge >= 0.3 is 0 Å². The lowest BCUT2D eigenvalue weighted by atomic mass is 10.2. The summed E-state index contributed by atoms with van der Waals surface area (Å²) in [4.78, 5) is 26.1. The van der Waals surface area contributed by atoms with Crippen LogP contribution in [0.25, 0.3) is 0 Å². The Labute approximate surface area is 144 Å². The van der Waals surface area contributed by atoms with Crippen LogP contribution in [0.4, 0.5) is 15.8 Å². The van der Waals surface area contributed by atoms with Crippen molar-refractivity contribution in [2.45, 2.75) is 12.5 Å². The van der Waals surface area contributed by atoms with Crippen molar-refractivity contribution in [3.8, 4) is 11.5 Å². The van der Waals surface area contributed by atoms with Gasteiger partial charge in [0.15, 0.2) is 0 Å². The van der Waals surface area contributed by atoms with Crippen LogP contribution in [0.5, 0.6) is 11.5 Å². The quantitative estimate of drug-likeness (QED) is 0.845. The van der Waals surface area contributed by atoms with Gasteiger partial charge in [0.1, 0.15) is 23.4 Å². The molecule has 6 nitrogen and oxygen atoms in total. The van der Waals surface area contributed by atoms with Gasteiger partial charge in [-0.25, -0.2) is 9.29 Å². The Bertz CT molecular complexity index is 824. The van der Waals surface area contributed by atoms with Crippen LogP contribution in [-0.4, -0.2) is 32.1 Å². The smallest absolute Gasteiger partial charge is 0.256 e. The zero-order valence-corrected chi connectivity index (χ0v) is 13.8. The molecule has 7 heteroatoms. The summed E-state index contributed by atoms with van der Waals surface area (Å²) in [5.74, 6) is -0.294. The second-order valence-corrected chi connectivity index (χ2v) is 5.52. The van der Waals surface area contributed by atoms with Crippen LogP contribution >= 0.6 is 0 Å². The zero-order valence-electron chi connectivity index (χ0n) is 13.8. The fourth-order valence-electron chi connectivity index (χ4n) is 2.75. The van der Waals surface area contributed by atoms with E-state index in [1.54, 1.807) is 24.3 Å². The maximum atomic E-state index is 13.3. The van der Waals surface area contributed by atoms with E-state index in [-0.39, 0.29) is 12.3 Å². The van der Waals surface area contributed by atoms with E-state index in [0.717, 1.165) is 4.90 Å². The van der Waals surface area contributed by atoms with Crippen molar-refractivity contribution in [3.63, 3.8) is 0 Å². The number of benzene rings is 2. The summed E-state index contributed by atoms with van der Waals surface area (Å²) in [6, 6.07) is 9.82. The summed E-state index contributed by atoms with van der Waals surface area (Å²) in [5.41, 5.74) is 0.788. The first-order valence-corrected chi connectivity index (χ1v) is 7.64. The highest BCUT2D eigenvalue weighted by Crippen LogP contribution is 2.35. The van der Waals surface area contributed by atoms with E-state index in [4.69, 9.17) is 9.47 Å². The average Bonchev–Trinajstić information content (AvgIpc) is 2.88. The van der Waals surface area contributed by atoms with Crippen molar-refractivity contribution in [1.82, 2.24) is 0 Å². The van der Waals surface area contributed by atoms with Gasteiger partial charge in [-0.2, -0.15) is 0 Å². The van der Waals surface area contributed by atoms with Crippen LogP contribution in [0.15, 0.2) is 42.5 Å². The largest absolute Gasteiger partial charge is 0.497 e. The van der Waals surface area contributed by atoms with Crippen LogP contribution in [0.2, 0.25) is 0 Å². The van der Waals surface area contributed by atoms with Crippen molar-refractivity contribution in [2.75, 3.05) is 24.4 Å². The van der Waals surface area contributed by atoms with Gasteiger partial charge in [0.2, 0.25) is 5.91 Å². The minimum atomic E-state index is -0.763. The highest BCUT2D eigenvalue weighted by Gasteiger charge is 2.40. The van der Waals surface area contributed by atoms with Crippen molar-refractivity contribution < 1.29 is 23.5 Å². The molecule has 1 unspecified atom stereocenters. The summed E-state index contributed by atoms with van der Waals surface area (Å²) < 4.78 is 23.7. The van der Waals surface area contributed by atoms with Crippen molar-refractivity contribution in [1.29, 1.82) is 0 Å². The van der Waals surface area contributed by atoms with Crippen LogP contribution in [0.3, 0.4) is 0 Å². The molecular weight excluding hydrogens is 327 g/mol. The Hall–Kier alpha value is -3.09. The minimum Gasteiger partial charge on any atom is -0.497 e. The second-order valence-electron chi connectivity index (χ2n) is 5.52. The standard InChI is InChI=1S/C18H17FN2O4/c1-24-13-6-7-15(16(9-13)25-2)21-17(22)10-14(18(21)23)20-12-5-3-4-11(19)8-12/h3-9,14,20H,10H2,1-2H3. The number of anilines is 2. The molecule has 0 aliphatic carbocycles. The molecule has 0 radical (unpaired) electrons. The molecule has 1 fully saturated rings. The van der Waals surface area contributed by atoms with E-state index < -0.39 is 17.8 Å². The van der Waals surface area contributed by atoms with Gasteiger partial charge in [0, 0.05) is 11.8 Å². The molecule has 130 valence electrons. The third-order valence-corrected chi connectivity index (χ3v) is 3.94. The fraction of sp³-hybridized carbons (Fsp3) is 0.222. The second kappa shape index (κ2) is 6.80. The lowest BCUT2D eigenvalue weighted by Gasteiger charge is -2.19. The predicted octanol–water partition coefficient (Wildman–Crippen LogP) is 2.59. The molecule has 3 rings (SSSR count). The maximum Gasteiger partial charge on any atom is 0.256 e. The Morgan fingerprint density at radius 2 is 1.92 bits per heavy atom. The first-order chi connectivity index (χ1) is 12.0. The third kappa shape index (κ3) is 3.26. The summed E-state index contributed by atoms with van der Waals surface area (Å²) in [6.07, 6.45) is -0.0233. The minimum absolute atomic E-state index is 0.0233. The summed E-state index contributed by atoms with van der Waals surface area (Å²) in [5, 5.41) is 2.90. The van der Waals surface area contributed by atoms with Gasteiger partial charge in [0.25, 0.3) is 5.91 Å². The van der Waals surface area contributed by atoms with Gasteiger partial charge < -0.3 is 14.8 Å². The molecule has 1 aliphatic heterocycles. The van der Waals surface area contributed by atoms with E-state index >= 15 is 0 Å². The van der Waals surface area contributed by atoms with Gasteiger partial charge in [-0.1, -0.05) is 6.07 Å². The molecule has 1 atom stereocenters. The van der Waals surface area contributed by atoms with Crippen LogP contribution in [0.1, 0.15) is 6.42 Å². The number of hydrogen-bond donors (Lipinski definition) is 1. The van der Waals surface area contributed by atoms with Crippen LogP contribution in [-0.2, 0) is 9.59 Å². The molecule has 0 aromatic heterocycles. The Morgan fingerprint density at radius 1 is 1.12 bits per heavy atom. The van der Waals surface area contributed by atoms with E-state index in [9.17, 15) is 14.0 Å². The fourth-order valence-corrected chi connectivity index (χ4v) is 2.75. The summed E-state index contributed by atoms with van der Waals surface area (Å²) in [7, 11) is 2.96. The first-order valence-electron chi connectivity index (χ1n) is 7.64. The maximum absolute atomic E-state index is 13.3. The Balaban J connectivity index is 1.86. The van der Waals surface area contributed by atoms with E-state index in [2.05, 4.69) is 5.32 Å². The van der Waals surface area contributed by atoms with E-state index in [1.165, 1.54) is 32.4 Å². The number of imide groups is 1. The van der Waals surface area contributed by atoms with Gasteiger partial charge in [-0.05, 0) is 30.3 Å². The highest BCUT2D eigenvalue weighted by atomic mass is 19.1. The lowest BCUT2D eigenvalue weighted by Crippen LogP contribution is -2.35. The molecule has 2 aromatic carbocycles. The van der Waals surface area contributed by atoms with E-state index in [1.807, 2.05) is 0 Å². The number of hydrogen-bond acceptors (Lipinski definition) is 5. The molecule has 25 heavy (non-hydrogen) atoms. The van der Waals surface area contributed by atoms with Gasteiger partial charge in [-0.15, -0.1) is 0 Å².